The molecule has 2 aliphatic rings. The molecule has 6 heteroatoms. The van der Waals surface area contributed by atoms with E-state index < -0.39 is 0 Å². The Bertz CT molecular complexity index is 813. The van der Waals surface area contributed by atoms with Crippen LogP contribution in [0, 0.1) is 5.92 Å². The summed E-state index contributed by atoms with van der Waals surface area (Å²) in [5.74, 6) is 1.38. The largest absolute Gasteiger partial charge is 0.496 e. The summed E-state index contributed by atoms with van der Waals surface area (Å²) in [7, 11) is 3.67. The third-order valence-corrected chi connectivity index (χ3v) is 5.91. The third-order valence-electron chi connectivity index (χ3n) is 5.91. The molecule has 2 saturated heterocycles. The van der Waals surface area contributed by atoms with Crippen LogP contribution in [0.25, 0.3) is 0 Å². The van der Waals surface area contributed by atoms with E-state index in [1.54, 1.807) is 7.11 Å². The molecular formula is C22H28N4O2. The fourth-order valence-corrected chi connectivity index (χ4v) is 4.34. The van der Waals surface area contributed by atoms with Gasteiger partial charge in [0.25, 0.3) is 0 Å². The summed E-state index contributed by atoms with van der Waals surface area (Å²) < 4.78 is 5.56. The number of likely N-dealkylation sites (N-methyl/N-ethyl adjacent to an activating group) is 1. The van der Waals surface area contributed by atoms with Gasteiger partial charge < -0.3 is 14.5 Å². The van der Waals surface area contributed by atoms with E-state index in [-0.39, 0.29) is 11.9 Å². The summed E-state index contributed by atoms with van der Waals surface area (Å²) in [6, 6.07) is 18.6. The molecule has 148 valence electrons. The molecule has 2 aromatic carbocycles. The van der Waals surface area contributed by atoms with E-state index in [1.165, 1.54) is 0 Å². The van der Waals surface area contributed by atoms with Crippen molar-refractivity contribution in [3.05, 3.63) is 60.2 Å². The molecule has 2 N–H and O–H groups in total. The molecule has 6 nitrogen and oxygen atoms in total. The van der Waals surface area contributed by atoms with Gasteiger partial charge in [0.2, 0.25) is 5.91 Å². The van der Waals surface area contributed by atoms with Crippen LogP contribution in [-0.4, -0.2) is 50.6 Å². The van der Waals surface area contributed by atoms with Crippen molar-refractivity contribution in [2.75, 3.05) is 38.7 Å². The van der Waals surface area contributed by atoms with Crippen LogP contribution in [0.3, 0.4) is 0 Å². The van der Waals surface area contributed by atoms with Gasteiger partial charge in [0, 0.05) is 43.3 Å². The first-order valence-electron chi connectivity index (χ1n) is 9.85. The van der Waals surface area contributed by atoms with Gasteiger partial charge in [-0.05, 0) is 24.6 Å². The van der Waals surface area contributed by atoms with Gasteiger partial charge in [-0.25, -0.2) is 5.43 Å². The zero-order valence-corrected chi connectivity index (χ0v) is 16.5. The molecule has 0 radical (unpaired) electrons. The van der Waals surface area contributed by atoms with Gasteiger partial charge in [0.05, 0.1) is 19.7 Å². The molecule has 0 saturated carbocycles. The SMILES string of the molecule is COc1ccccc1C1NNC2CCN(C(=O)CN(C)c3ccccc3)CC21. The van der Waals surface area contributed by atoms with Gasteiger partial charge in [-0.1, -0.05) is 36.4 Å². The predicted molar refractivity (Wildman–Crippen MR) is 110 cm³/mol. The van der Waals surface area contributed by atoms with Crippen molar-refractivity contribution < 1.29 is 9.53 Å². The van der Waals surface area contributed by atoms with Gasteiger partial charge in [0.15, 0.2) is 0 Å². The fourth-order valence-electron chi connectivity index (χ4n) is 4.34. The molecule has 3 unspecified atom stereocenters. The molecule has 2 heterocycles. The van der Waals surface area contributed by atoms with Crippen LogP contribution in [0.5, 0.6) is 5.75 Å². The topological polar surface area (TPSA) is 56.8 Å². The number of piperidine rings is 1. The van der Waals surface area contributed by atoms with Crippen molar-refractivity contribution in [1.29, 1.82) is 0 Å². The second kappa shape index (κ2) is 8.20. The number of methoxy groups -OCH3 is 1. The van der Waals surface area contributed by atoms with E-state index in [9.17, 15) is 4.79 Å². The Kier molecular flexibility index (Phi) is 5.50. The van der Waals surface area contributed by atoms with Crippen molar-refractivity contribution in [2.45, 2.75) is 18.5 Å². The lowest BCUT2D eigenvalue weighted by Crippen LogP contribution is -2.50. The first kappa shape index (κ1) is 18.8. The quantitative estimate of drug-likeness (QED) is 0.833. The maximum absolute atomic E-state index is 13.0. The van der Waals surface area contributed by atoms with E-state index in [1.807, 2.05) is 65.4 Å². The minimum Gasteiger partial charge on any atom is -0.496 e. The number of para-hydroxylation sites is 2. The highest BCUT2D eigenvalue weighted by Crippen LogP contribution is 2.37. The molecule has 2 aromatic rings. The van der Waals surface area contributed by atoms with Crippen molar-refractivity contribution in [2.24, 2.45) is 5.92 Å². The summed E-state index contributed by atoms with van der Waals surface area (Å²) in [6.45, 7) is 1.92. The second-order valence-electron chi connectivity index (χ2n) is 7.60. The van der Waals surface area contributed by atoms with E-state index >= 15 is 0 Å². The summed E-state index contributed by atoms with van der Waals surface area (Å²) in [5, 5.41) is 0. The smallest absolute Gasteiger partial charge is 0.242 e. The maximum atomic E-state index is 13.0. The van der Waals surface area contributed by atoms with Crippen LogP contribution >= 0.6 is 0 Å². The van der Waals surface area contributed by atoms with Crippen molar-refractivity contribution in [3.8, 4) is 5.75 Å². The first-order valence-corrected chi connectivity index (χ1v) is 9.85. The average molecular weight is 380 g/mol. The minimum atomic E-state index is 0.128. The fraction of sp³-hybridized carbons (Fsp3) is 0.409. The Morgan fingerprint density at radius 2 is 1.89 bits per heavy atom. The van der Waals surface area contributed by atoms with Gasteiger partial charge in [0.1, 0.15) is 5.75 Å². The Labute approximate surface area is 166 Å². The monoisotopic (exact) mass is 380 g/mol. The highest BCUT2D eigenvalue weighted by molar-refractivity contribution is 5.81. The number of ether oxygens (including phenoxy) is 1. The lowest BCUT2D eigenvalue weighted by molar-refractivity contribution is -0.131. The Morgan fingerprint density at radius 1 is 1.14 bits per heavy atom. The number of nitrogens with one attached hydrogen (secondary N) is 2. The number of hydrazine groups is 1. The van der Waals surface area contributed by atoms with Crippen LogP contribution in [0.1, 0.15) is 18.0 Å². The van der Waals surface area contributed by atoms with Crippen LogP contribution in [0.15, 0.2) is 54.6 Å². The standard InChI is InChI=1S/C22H28N4O2/c1-25(16-8-4-3-5-9-16)15-21(27)26-13-12-19-18(14-26)22(24-23-19)17-10-6-7-11-20(17)28-2/h3-11,18-19,22-24H,12-15H2,1-2H3. The number of carbonyl (C=O) groups is 1. The zero-order valence-electron chi connectivity index (χ0n) is 16.5. The van der Waals surface area contributed by atoms with E-state index in [0.29, 0.717) is 18.5 Å². The molecule has 0 spiro atoms. The van der Waals surface area contributed by atoms with E-state index in [0.717, 1.165) is 36.5 Å². The van der Waals surface area contributed by atoms with Crippen molar-refractivity contribution in [3.63, 3.8) is 0 Å². The van der Waals surface area contributed by atoms with E-state index in [4.69, 9.17) is 4.74 Å². The van der Waals surface area contributed by atoms with Crippen LogP contribution in [-0.2, 0) is 4.79 Å². The molecule has 1 amide bonds. The minimum absolute atomic E-state index is 0.128. The van der Waals surface area contributed by atoms with Gasteiger partial charge >= 0.3 is 0 Å². The Balaban J connectivity index is 1.45. The molecule has 0 aromatic heterocycles. The molecule has 2 aliphatic heterocycles. The lowest BCUT2D eigenvalue weighted by Gasteiger charge is -2.37. The van der Waals surface area contributed by atoms with Crippen molar-refractivity contribution in [1.82, 2.24) is 15.8 Å². The number of amides is 1. The molecule has 28 heavy (non-hydrogen) atoms. The van der Waals surface area contributed by atoms with Gasteiger partial charge in [-0.3, -0.25) is 10.2 Å². The number of carbonyl (C=O) groups excluding carboxylic acids is 1. The molecule has 0 aliphatic carbocycles. The number of nitrogens with zero attached hydrogens (tertiary/aromatic N) is 2. The lowest BCUT2D eigenvalue weighted by atomic mass is 9.84. The summed E-state index contributed by atoms with van der Waals surface area (Å²) in [5.41, 5.74) is 9.06. The zero-order chi connectivity index (χ0) is 19.5. The second-order valence-corrected chi connectivity index (χ2v) is 7.60. The van der Waals surface area contributed by atoms with Crippen LogP contribution in [0.4, 0.5) is 5.69 Å². The predicted octanol–water partition coefficient (Wildman–Crippen LogP) is 2.20. The molecule has 2 fully saturated rings. The van der Waals surface area contributed by atoms with Crippen molar-refractivity contribution >= 4 is 11.6 Å². The van der Waals surface area contributed by atoms with Crippen LogP contribution in [0.2, 0.25) is 0 Å². The first-order chi connectivity index (χ1) is 13.7. The number of benzene rings is 2. The average Bonchev–Trinajstić information content (AvgIpc) is 3.17. The summed E-state index contributed by atoms with van der Waals surface area (Å²) in [4.78, 5) is 17.0. The third kappa shape index (κ3) is 3.70. The number of likely N-dealkylation sites (tertiary alicyclic amines) is 1. The highest BCUT2D eigenvalue weighted by atomic mass is 16.5. The van der Waals surface area contributed by atoms with Gasteiger partial charge in [-0.2, -0.15) is 0 Å². The Morgan fingerprint density at radius 3 is 2.68 bits per heavy atom. The maximum Gasteiger partial charge on any atom is 0.242 e. The molecule has 3 atom stereocenters. The number of anilines is 1. The molecular weight excluding hydrogens is 352 g/mol. The molecule has 4 rings (SSSR count). The number of hydrogen-bond acceptors (Lipinski definition) is 5. The highest BCUT2D eigenvalue weighted by Gasteiger charge is 2.42. The number of fused-ring (bicyclic) bond motifs is 1. The summed E-state index contributed by atoms with van der Waals surface area (Å²) in [6.07, 6.45) is 0.949. The Hall–Kier alpha value is -2.57. The number of rotatable bonds is 5. The normalized spacial score (nSPS) is 23.9. The number of hydrogen-bond donors (Lipinski definition) is 2. The van der Waals surface area contributed by atoms with E-state index in [2.05, 4.69) is 16.9 Å². The molecule has 0 bridgehead atoms. The van der Waals surface area contributed by atoms with Gasteiger partial charge in [-0.15, -0.1) is 0 Å². The summed E-state index contributed by atoms with van der Waals surface area (Å²) >= 11 is 0. The van der Waals surface area contributed by atoms with Crippen LogP contribution < -0.4 is 20.5 Å².